The molecule has 0 radical (unpaired) electrons. The first kappa shape index (κ1) is 17.7. The van der Waals surface area contributed by atoms with Crippen LogP contribution in [0.2, 0.25) is 0 Å². The average molecular weight is 279 g/mol. The molecule has 0 heterocycles. The molecule has 1 aliphatic carbocycles. The molecule has 1 rings (SSSR count). The Hall–Kier alpha value is -0.320. The van der Waals surface area contributed by atoms with Crippen LogP contribution in [0.4, 0.5) is 0 Å². The number of hydrogen-bond donors (Lipinski definition) is 2. The van der Waals surface area contributed by atoms with Crippen molar-refractivity contribution in [1.29, 1.82) is 0 Å². The average Bonchev–Trinajstić information content (AvgIpc) is 2.50. The lowest BCUT2D eigenvalue weighted by molar-refractivity contribution is -0.121. The zero-order valence-electron chi connectivity index (χ0n) is 11.5. The van der Waals surface area contributed by atoms with Gasteiger partial charge in [0.15, 0.2) is 0 Å². The maximum Gasteiger partial charge on any atom is 0.234 e. The number of amides is 1. The molecular weight excluding hydrogens is 252 g/mol. The van der Waals surface area contributed by atoms with E-state index in [4.69, 9.17) is 4.74 Å². The quantitative estimate of drug-likeness (QED) is 0.575. The molecule has 0 saturated heterocycles. The van der Waals surface area contributed by atoms with Crippen molar-refractivity contribution in [2.24, 2.45) is 5.92 Å². The zero-order valence-corrected chi connectivity index (χ0v) is 12.4. The van der Waals surface area contributed by atoms with E-state index in [-0.39, 0.29) is 18.3 Å². The third-order valence-electron chi connectivity index (χ3n) is 3.39. The lowest BCUT2D eigenvalue weighted by Crippen LogP contribution is -2.40. The second-order valence-electron chi connectivity index (χ2n) is 5.05. The Kier molecular flexibility index (Phi) is 10.4. The molecule has 2 N–H and O–H groups in total. The van der Waals surface area contributed by atoms with Crippen LogP contribution in [0.25, 0.3) is 0 Å². The summed E-state index contributed by atoms with van der Waals surface area (Å²) in [5.74, 6) is 0.928. The molecule has 1 amide bonds. The van der Waals surface area contributed by atoms with Crippen LogP contribution < -0.4 is 10.6 Å². The summed E-state index contributed by atoms with van der Waals surface area (Å²) in [6.07, 6.45) is 6.04. The summed E-state index contributed by atoms with van der Waals surface area (Å²) in [7, 11) is 1.66. The molecule has 1 aliphatic rings. The number of ether oxygens (including phenoxy) is 1. The van der Waals surface area contributed by atoms with Gasteiger partial charge in [0.1, 0.15) is 0 Å². The molecule has 0 bridgehead atoms. The molecule has 2 unspecified atom stereocenters. The van der Waals surface area contributed by atoms with E-state index in [9.17, 15) is 4.79 Å². The Morgan fingerprint density at radius 1 is 1.28 bits per heavy atom. The van der Waals surface area contributed by atoms with Crippen molar-refractivity contribution in [2.75, 3.05) is 26.8 Å². The van der Waals surface area contributed by atoms with Gasteiger partial charge >= 0.3 is 0 Å². The summed E-state index contributed by atoms with van der Waals surface area (Å²) in [5, 5.41) is 6.18. The number of carbonyl (C=O) groups excluding carboxylic acids is 1. The van der Waals surface area contributed by atoms with E-state index in [1.165, 1.54) is 19.3 Å². The summed E-state index contributed by atoms with van der Waals surface area (Å²) in [6, 6.07) is 0.386. The molecule has 5 heteroatoms. The van der Waals surface area contributed by atoms with Gasteiger partial charge in [-0.3, -0.25) is 4.79 Å². The first-order chi connectivity index (χ1) is 8.22. The van der Waals surface area contributed by atoms with Crippen molar-refractivity contribution in [1.82, 2.24) is 10.6 Å². The third-order valence-corrected chi connectivity index (χ3v) is 3.39. The SMILES string of the molecule is COCCNCC(=O)NC1CCCC(C)CC1.Cl. The fourth-order valence-electron chi connectivity index (χ4n) is 2.29. The Morgan fingerprint density at radius 2 is 2.06 bits per heavy atom. The van der Waals surface area contributed by atoms with Gasteiger partial charge in [-0.2, -0.15) is 0 Å². The van der Waals surface area contributed by atoms with Crippen molar-refractivity contribution in [3.8, 4) is 0 Å². The highest BCUT2D eigenvalue weighted by molar-refractivity contribution is 5.85. The predicted octanol–water partition coefficient (Wildman–Crippen LogP) is 1.73. The summed E-state index contributed by atoms with van der Waals surface area (Å²) < 4.78 is 4.91. The van der Waals surface area contributed by atoms with Crippen LogP contribution >= 0.6 is 12.4 Å². The molecule has 1 saturated carbocycles. The molecular formula is C13H27ClN2O2. The van der Waals surface area contributed by atoms with Crippen LogP contribution in [-0.2, 0) is 9.53 Å². The molecule has 18 heavy (non-hydrogen) atoms. The number of carbonyl (C=O) groups is 1. The van der Waals surface area contributed by atoms with Gasteiger partial charge in [0.2, 0.25) is 5.91 Å². The van der Waals surface area contributed by atoms with Gasteiger partial charge in [0.05, 0.1) is 13.2 Å². The van der Waals surface area contributed by atoms with Gasteiger partial charge in [-0.1, -0.05) is 19.8 Å². The number of rotatable bonds is 6. The van der Waals surface area contributed by atoms with E-state index in [2.05, 4.69) is 17.6 Å². The fourth-order valence-corrected chi connectivity index (χ4v) is 2.29. The van der Waals surface area contributed by atoms with Crippen LogP contribution in [0, 0.1) is 5.92 Å². The molecule has 4 nitrogen and oxygen atoms in total. The normalized spacial score (nSPS) is 23.9. The lowest BCUT2D eigenvalue weighted by atomic mass is 10.0. The van der Waals surface area contributed by atoms with Crippen molar-refractivity contribution >= 4 is 18.3 Å². The van der Waals surface area contributed by atoms with Gasteiger partial charge in [-0.25, -0.2) is 0 Å². The summed E-state index contributed by atoms with van der Waals surface area (Å²) in [4.78, 5) is 11.7. The van der Waals surface area contributed by atoms with Crippen LogP contribution in [0.15, 0.2) is 0 Å². The maximum atomic E-state index is 11.7. The molecule has 0 aromatic carbocycles. The largest absolute Gasteiger partial charge is 0.383 e. The Balaban J connectivity index is 0.00000289. The van der Waals surface area contributed by atoms with Crippen LogP contribution in [0.5, 0.6) is 0 Å². The Bertz CT molecular complexity index is 227. The van der Waals surface area contributed by atoms with E-state index in [0.717, 1.165) is 25.3 Å². The standard InChI is InChI=1S/C13H26N2O2.ClH/c1-11-4-3-5-12(7-6-11)15-13(16)10-14-8-9-17-2;/h11-12,14H,3-10H2,1-2H3,(H,15,16);1H. The van der Waals surface area contributed by atoms with E-state index in [1.54, 1.807) is 7.11 Å². The highest BCUT2D eigenvalue weighted by Gasteiger charge is 2.17. The summed E-state index contributed by atoms with van der Waals surface area (Å²) >= 11 is 0. The lowest BCUT2D eigenvalue weighted by Gasteiger charge is -2.16. The predicted molar refractivity (Wildman–Crippen MR) is 76.2 cm³/mol. The molecule has 0 aliphatic heterocycles. The van der Waals surface area contributed by atoms with Crippen molar-refractivity contribution in [2.45, 2.75) is 45.1 Å². The minimum atomic E-state index is 0. The van der Waals surface area contributed by atoms with E-state index in [0.29, 0.717) is 19.2 Å². The number of hydrogen-bond acceptors (Lipinski definition) is 3. The van der Waals surface area contributed by atoms with Crippen molar-refractivity contribution < 1.29 is 9.53 Å². The van der Waals surface area contributed by atoms with Crippen molar-refractivity contribution in [3.05, 3.63) is 0 Å². The maximum absolute atomic E-state index is 11.7. The van der Waals surface area contributed by atoms with Crippen LogP contribution in [0.3, 0.4) is 0 Å². The number of nitrogens with one attached hydrogen (secondary N) is 2. The van der Waals surface area contributed by atoms with Gasteiger partial charge in [0, 0.05) is 19.7 Å². The first-order valence-corrected chi connectivity index (χ1v) is 6.71. The van der Waals surface area contributed by atoms with Gasteiger partial charge in [-0.05, 0) is 25.2 Å². The van der Waals surface area contributed by atoms with E-state index < -0.39 is 0 Å². The first-order valence-electron chi connectivity index (χ1n) is 6.71. The molecule has 0 aromatic heterocycles. The van der Waals surface area contributed by atoms with Gasteiger partial charge in [-0.15, -0.1) is 12.4 Å². The van der Waals surface area contributed by atoms with Crippen molar-refractivity contribution in [3.63, 3.8) is 0 Å². The monoisotopic (exact) mass is 278 g/mol. The van der Waals surface area contributed by atoms with E-state index >= 15 is 0 Å². The molecule has 0 spiro atoms. The zero-order chi connectivity index (χ0) is 12.5. The second-order valence-corrected chi connectivity index (χ2v) is 5.05. The molecule has 2 atom stereocenters. The summed E-state index contributed by atoms with van der Waals surface area (Å²) in [6.45, 7) is 4.08. The minimum absolute atomic E-state index is 0. The van der Waals surface area contributed by atoms with E-state index in [1.807, 2.05) is 0 Å². The minimum Gasteiger partial charge on any atom is -0.383 e. The third kappa shape index (κ3) is 7.90. The topological polar surface area (TPSA) is 50.4 Å². The summed E-state index contributed by atoms with van der Waals surface area (Å²) in [5.41, 5.74) is 0. The van der Waals surface area contributed by atoms with Gasteiger partial charge in [0.25, 0.3) is 0 Å². The highest BCUT2D eigenvalue weighted by Crippen LogP contribution is 2.22. The molecule has 0 aromatic rings. The fraction of sp³-hybridized carbons (Fsp3) is 0.923. The second kappa shape index (κ2) is 10.6. The van der Waals surface area contributed by atoms with Crippen LogP contribution in [-0.4, -0.2) is 38.8 Å². The van der Waals surface area contributed by atoms with Gasteiger partial charge < -0.3 is 15.4 Å². The molecule has 108 valence electrons. The number of halogens is 1. The van der Waals surface area contributed by atoms with Crippen LogP contribution in [0.1, 0.15) is 39.0 Å². The Morgan fingerprint density at radius 3 is 2.78 bits per heavy atom. The number of methoxy groups -OCH3 is 1. The smallest absolute Gasteiger partial charge is 0.234 e. The molecule has 1 fully saturated rings. The Labute approximate surface area is 117 Å². The highest BCUT2D eigenvalue weighted by atomic mass is 35.5.